The summed E-state index contributed by atoms with van der Waals surface area (Å²) in [6.45, 7) is 3.30. The molecule has 0 aromatic heterocycles. The lowest BCUT2D eigenvalue weighted by Gasteiger charge is -2.20. The van der Waals surface area contributed by atoms with E-state index < -0.39 is 0 Å². The van der Waals surface area contributed by atoms with Crippen molar-refractivity contribution in [2.75, 3.05) is 13.2 Å². The van der Waals surface area contributed by atoms with Crippen molar-refractivity contribution in [3.8, 4) is 11.8 Å². The summed E-state index contributed by atoms with van der Waals surface area (Å²) in [6, 6.07) is 0. The van der Waals surface area contributed by atoms with Crippen molar-refractivity contribution in [2.45, 2.75) is 32.6 Å². The van der Waals surface area contributed by atoms with Gasteiger partial charge in [-0.2, -0.15) is 0 Å². The van der Waals surface area contributed by atoms with Crippen LogP contribution >= 0.6 is 0 Å². The molecule has 0 aliphatic carbocycles. The minimum absolute atomic E-state index is 0.243. The van der Waals surface area contributed by atoms with E-state index in [1.165, 1.54) is 0 Å². The van der Waals surface area contributed by atoms with Crippen LogP contribution < -0.4 is 0 Å². The first kappa shape index (κ1) is 10.3. The van der Waals surface area contributed by atoms with Crippen molar-refractivity contribution in [1.82, 2.24) is 0 Å². The molecule has 0 atom stereocenters. The number of hydrogen-bond acceptors (Lipinski definition) is 2. The monoisotopic (exact) mass is 180 g/mol. The number of carbonyl (C=O) groups excluding carboxylic acids is 1. The molecule has 0 spiro atoms. The predicted octanol–water partition coefficient (Wildman–Crippen LogP) is 1.79. The number of hydrogen-bond donors (Lipinski definition) is 0. The van der Waals surface area contributed by atoms with Crippen molar-refractivity contribution in [2.24, 2.45) is 5.92 Å². The average molecular weight is 180 g/mol. The van der Waals surface area contributed by atoms with Crippen LogP contribution in [0.3, 0.4) is 0 Å². The van der Waals surface area contributed by atoms with Crippen molar-refractivity contribution in [1.29, 1.82) is 0 Å². The average Bonchev–Trinajstić information content (AvgIpc) is 2.19. The molecule has 2 heteroatoms. The van der Waals surface area contributed by atoms with Gasteiger partial charge in [0.15, 0.2) is 0 Å². The molecule has 0 aromatic carbocycles. The number of ether oxygens (including phenoxy) is 1. The lowest BCUT2D eigenvalue weighted by Crippen LogP contribution is -2.23. The summed E-state index contributed by atoms with van der Waals surface area (Å²) in [6.07, 6.45) is 3.13. The van der Waals surface area contributed by atoms with Gasteiger partial charge in [0.05, 0.1) is 0 Å². The van der Waals surface area contributed by atoms with Crippen molar-refractivity contribution >= 4 is 5.78 Å². The zero-order valence-electron chi connectivity index (χ0n) is 8.14. The highest BCUT2D eigenvalue weighted by atomic mass is 16.5. The Morgan fingerprint density at radius 3 is 2.77 bits per heavy atom. The van der Waals surface area contributed by atoms with Gasteiger partial charge in [-0.05, 0) is 19.8 Å². The Morgan fingerprint density at radius 1 is 1.46 bits per heavy atom. The quantitative estimate of drug-likeness (QED) is 0.619. The summed E-state index contributed by atoms with van der Waals surface area (Å²) in [7, 11) is 0. The van der Waals surface area contributed by atoms with Crippen LogP contribution in [0.25, 0.3) is 0 Å². The number of carbonyl (C=O) groups is 1. The molecule has 0 amide bonds. The molecule has 0 bridgehead atoms. The van der Waals surface area contributed by atoms with Crippen LogP contribution in [0.15, 0.2) is 0 Å². The summed E-state index contributed by atoms with van der Waals surface area (Å²) >= 11 is 0. The molecular weight excluding hydrogens is 164 g/mol. The van der Waals surface area contributed by atoms with Gasteiger partial charge in [-0.3, -0.25) is 4.79 Å². The first-order chi connectivity index (χ1) is 6.34. The molecule has 1 rings (SSSR count). The maximum atomic E-state index is 11.5. The molecule has 1 saturated heterocycles. The van der Waals surface area contributed by atoms with E-state index in [0.717, 1.165) is 26.1 Å². The number of Topliss-reactive ketones (excluding diaryl/α,β-unsaturated/α-hetero) is 1. The van der Waals surface area contributed by atoms with Crippen molar-refractivity contribution in [3.05, 3.63) is 0 Å². The number of rotatable bonds is 3. The van der Waals surface area contributed by atoms with Crippen molar-refractivity contribution in [3.63, 3.8) is 0 Å². The van der Waals surface area contributed by atoms with E-state index in [1.807, 2.05) is 0 Å². The van der Waals surface area contributed by atoms with Gasteiger partial charge in [0.25, 0.3) is 0 Å². The fraction of sp³-hybridized carbons (Fsp3) is 0.727. The van der Waals surface area contributed by atoms with Gasteiger partial charge in [0.1, 0.15) is 5.78 Å². The third kappa shape index (κ3) is 3.61. The van der Waals surface area contributed by atoms with E-state index in [4.69, 9.17) is 4.74 Å². The third-order valence-electron chi connectivity index (χ3n) is 2.35. The molecular formula is C11H16O2. The zero-order valence-corrected chi connectivity index (χ0v) is 8.14. The molecule has 0 N–H and O–H groups in total. The molecule has 72 valence electrons. The highest BCUT2D eigenvalue weighted by molar-refractivity contribution is 5.81. The van der Waals surface area contributed by atoms with Crippen LogP contribution in [-0.4, -0.2) is 19.0 Å². The maximum absolute atomic E-state index is 11.5. The largest absolute Gasteiger partial charge is 0.381 e. The molecule has 0 aromatic rings. The Hall–Kier alpha value is -0.810. The van der Waals surface area contributed by atoms with E-state index in [1.54, 1.807) is 6.92 Å². The van der Waals surface area contributed by atoms with Gasteiger partial charge in [0, 0.05) is 32.0 Å². The minimum Gasteiger partial charge on any atom is -0.381 e. The SMILES string of the molecule is CC#CCCC(=O)C1CCOCC1. The van der Waals surface area contributed by atoms with Gasteiger partial charge in [-0.15, -0.1) is 11.8 Å². The Kier molecular flexibility index (Phi) is 4.56. The fourth-order valence-electron chi connectivity index (χ4n) is 1.53. The number of ketones is 1. The van der Waals surface area contributed by atoms with E-state index in [0.29, 0.717) is 18.6 Å². The second kappa shape index (κ2) is 5.77. The second-order valence-corrected chi connectivity index (χ2v) is 3.28. The van der Waals surface area contributed by atoms with Crippen LogP contribution in [0.1, 0.15) is 32.6 Å². The Labute approximate surface area is 79.7 Å². The van der Waals surface area contributed by atoms with E-state index in [-0.39, 0.29) is 5.92 Å². The van der Waals surface area contributed by atoms with E-state index in [9.17, 15) is 4.79 Å². The summed E-state index contributed by atoms with van der Waals surface area (Å²) in [5.41, 5.74) is 0. The van der Waals surface area contributed by atoms with Crippen LogP contribution in [-0.2, 0) is 9.53 Å². The lowest BCUT2D eigenvalue weighted by atomic mass is 9.93. The van der Waals surface area contributed by atoms with Gasteiger partial charge >= 0.3 is 0 Å². The van der Waals surface area contributed by atoms with Gasteiger partial charge in [-0.1, -0.05) is 0 Å². The van der Waals surface area contributed by atoms with Gasteiger partial charge < -0.3 is 4.74 Å². The van der Waals surface area contributed by atoms with E-state index >= 15 is 0 Å². The molecule has 1 fully saturated rings. The molecule has 2 nitrogen and oxygen atoms in total. The van der Waals surface area contributed by atoms with Gasteiger partial charge in [-0.25, -0.2) is 0 Å². The Bertz CT molecular complexity index is 216. The highest BCUT2D eigenvalue weighted by Gasteiger charge is 2.20. The maximum Gasteiger partial charge on any atom is 0.137 e. The minimum atomic E-state index is 0.243. The molecule has 0 saturated carbocycles. The molecule has 0 unspecified atom stereocenters. The standard InChI is InChI=1S/C11H16O2/c1-2-3-4-5-11(12)10-6-8-13-9-7-10/h10H,4-9H2,1H3. The van der Waals surface area contributed by atoms with Crippen LogP contribution in [0, 0.1) is 17.8 Å². The lowest BCUT2D eigenvalue weighted by molar-refractivity contribution is -0.125. The summed E-state index contributed by atoms with van der Waals surface area (Å²) in [5.74, 6) is 6.32. The van der Waals surface area contributed by atoms with Crippen LogP contribution in [0.5, 0.6) is 0 Å². The first-order valence-corrected chi connectivity index (χ1v) is 4.84. The highest BCUT2D eigenvalue weighted by Crippen LogP contribution is 2.17. The summed E-state index contributed by atoms with van der Waals surface area (Å²) in [4.78, 5) is 11.5. The van der Waals surface area contributed by atoms with Crippen molar-refractivity contribution < 1.29 is 9.53 Å². The smallest absolute Gasteiger partial charge is 0.137 e. The molecule has 1 aliphatic heterocycles. The topological polar surface area (TPSA) is 26.3 Å². The zero-order chi connectivity index (χ0) is 9.52. The fourth-order valence-corrected chi connectivity index (χ4v) is 1.53. The summed E-state index contributed by atoms with van der Waals surface area (Å²) in [5, 5.41) is 0. The molecule has 13 heavy (non-hydrogen) atoms. The molecule has 1 aliphatic rings. The van der Waals surface area contributed by atoms with Crippen LogP contribution in [0.2, 0.25) is 0 Å². The van der Waals surface area contributed by atoms with E-state index in [2.05, 4.69) is 11.8 Å². The Balaban J connectivity index is 2.23. The normalized spacial score (nSPS) is 17.6. The predicted molar refractivity (Wildman–Crippen MR) is 51.2 cm³/mol. The third-order valence-corrected chi connectivity index (χ3v) is 2.35. The first-order valence-electron chi connectivity index (χ1n) is 4.84. The summed E-state index contributed by atoms with van der Waals surface area (Å²) < 4.78 is 5.20. The molecule has 0 radical (unpaired) electrons. The molecule has 1 heterocycles. The Morgan fingerprint density at radius 2 is 2.15 bits per heavy atom. The second-order valence-electron chi connectivity index (χ2n) is 3.28. The van der Waals surface area contributed by atoms with Gasteiger partial charge in [0.2, 0.25) is 0 Å². The van der Waals surface area contributed by atoms with Crippen LogP contribution in [0.4, 0.5) is 0 Å².